The number of nitrogens with two attached hydrogens (primary N) is 1. The number of aromatic nitrogens is 1. The highest BCUT2D eigenvalue weighted by Gasteiger charge is 2.22. The van der Waals surface area contributed by atoms with E-state index in [1.165, 1.54) is 25.7 Å². The van der Waals surface area contributed by atoms with Gasteiger partial charge in [0.2, 0.25) is 0 Å². The summed E-state index contributed by atoms with van der Waals surface area (Å²) >= 11 is 0. The van der Waals surface area contributed by atoms with Gasteiger partial charge in [0.15, 0.2) is 0 Å². The summed E-state index contributed by atoms with van der Waals surface area (Å²) in [4.78, 5) is 4.07. The van der Waals surface area contributed by atoms with Crippen molar-refractivity contribution in [3.05, 3.63) is 24.0 Å². The highest BCUT2D eigenvalue weighted by Crippen LogP contribution is 2.34. The maximum atomic E-state index is 5.68. The van der Waals surface area contributed by atoms with Crippen molar-refractivity contribution in [2.24, 2.45) is 11.8 Å². The Morgan fingerprint density at radius 2 is 2.29 bits per heavy atom. The maximum Gasteiger partial charge on any atom is 0.141 e. The molecule has 0 amide bonds. The molecule has 1 saturated carbocycles. The molecule has 4 heteroatoms. The Bertz CT molecular complexity index is 350. The van der Waals surface area contributed by atoms with E-state index in [1.807, 2.05) is 6.07 Å². The lowest BCUT2D eigenvalue weighted by Gasteiger charge is -2.21. The number of ether oxygens (including phenoxy) is 1. The molecule has 4 nitrogen and oxygen atoms in total. The van der Waals surface area contributed by atoms with Crippen LogP contribution >= 0.6 is 0 Å². The third-order valence-electron chi connectivity index (χ3n) is 3.66. The highest BCUT2D eigenvalue weighted by molar-refractivity contribution is 5.32. The Kier molecular flexibility index (Phi) is 4.34. The molecule has 1 aliphatic rings. The second-order valence-electron chi connectivity index (χ2n) is 4.72. The number of hydrazine groups is 1. The van der Waals surface area contributed by atoms with Crippen LogP contribution in [0.15, 0.2) is 18.5 Å². The van der Waals surface area contributed by atoms with Crippen molar-refractivity contribution in [2.75, 3.05) is 7.11 Å². The molecular weight excluding hydrogens is 214 g/mol. The standard InChI is InChI=1S/C13H21N3O/c1-17-13-9-15-7-6-11(13)12(16-14)8-10-4-2-3-5-10/h6-7,9-10,12,16H,2-5,8,14H2,1H3. The molecule has 3 N–H and O–H groups in total. The van der Waals surface area contributed by atoms with Crippen molar-refractivity contribution >= 4 is 0 Å². The molecule has 0 bridgehead atoms. The minimum Gasteiger partial charge on any atom is -0.495 e. The average molecular weight is 235 g/mol. The number of hydrogen-bond donors (Lipinski definition) is 2. The number of rotatable bonds is 5. The molecule has 1 heterocycles. The highest BCUT2D eigenvalue weighted by atomic mass is 16.5. The summed E-state index contributed by atoms with van der Waals surface area (Å²) in [5.41, 5.74) is 4.02. The monoisotopic (exact) mass is 235 g/mol. The van der Waals surface area contributed by atoms with Crippen molar-refractivity contribution in [2.45, 2.75) is 38.1 Å². The van der Waals surface area contributed by atoms with Crippen molar-refractivity contribution in [3.8, 4) is 5.75 Å². The Hall–Kier alpha value is -1.13. The topological polar surface area (TPSA) is 60.2 Å². The minimum absolute atomic E-state index is 0.163. The van der Waals surface area contributed by atoms with E-state index in [9.17, 15) is 0 Å². The number of nitrogens with zero attached hydrogens (tertiary/aromatic N) is 1. The average Bonchev–Trinajstić information content (AvgIpc) is 2.89. The number of pyridine rings is 1. The predicted octanol–water partition coefficient (Wildman–Crippen LogP) is 2.17. The Morgan fingerprint density at radius 1 is 1.53 bits per heavy atom. The van der Waals surface area contributed by atoms with Crippen LogP contribution < -0.4 is 16.0 Å². The molecule has 1 aromatic heterocycles. The van der Waals surface area contributed by atoms with E-state index in [1.54, 1.807) is 19.5 Å². The van der Waals surface area contributed by atoms with E-state index in [4.69, 9.17) is 10.6 Å². The van der Waals surface area contributed by atoms with E-state index in [-0.39, 0.29) is 6.04 Å². The molecule has 94 valence electrons. The van der Waals surface area contributed by atoms with Gasteiger partial charge < -0.3 is 4.74 Å². The molecule has 1 unspecified atom stereocenters. The van der Waals surface area contributed by atoms with Gasteiger partial charge >= 0.3 is 0 Å². The first-order valence-corrected chi connectivity index (χ1v) is 6.29. The van der Waals surface area contributed by atoms with Crippen LogP contribution in [0, 0.1) is 5.92 Å². The summed E-state index contributed by atoms with van der Waals surface area (Å²) in [5.74, 6) is 7.28. The Morgan fingerprint density at radius 3 is 2.94 bits per heavy atom. The summed E-state index contributed by atoms with van der Waals surface area (Å²) in [7, 11) is 1.67. The quantitative estimate of drug-likeness (QED) is 0.606. The minimum atomic E-state index is 0.163. The predicted molar refractivity (Wildman–Crippen MR) is 67.4 cm³/mol. The van der Waals surface area contributed by atoms with E-state index in [0.29, 0.717) is 0 Å². The molecule has 0 aliphatic heterocycles. The first-order valence-electron chi connectivity index (χ1n) is 6.29. The molecule has 1 aliphatic carbocycles. The lowest BCUT2D eigenvalue weighted by Crippen LogP contribution is -2.29. The van der Waals surface area contributed by atoms with Gasteiger partial charge in [0.25, 0.3) is 0 Å². The van der Waals surface area contributed by atoms with Crippen LogP contribution in [0.4, 0.5) is 0 Å². The molecular formula is C13H21N3O. The van der Waals surface area contributed by atoms with Crippen LogP contribution in [0.3, 0.4) is 0 Å². The first-order chi connectivity index (χ1) is 8.35. The van der Waals surface area contributed by atoms with Gasteiger partial charge in [-0.15, -0.1) is 0 Å². The molecule has 0 radical (unpaired) electrons. The van der Waals surface area contributed by atoms with Gasteiger partial charge in [0.05, 0.1) is 13.3 Å². The van der Waals surface area contributed by atoms with E-state index in [2.05, 4.69) is 10.4 Å². The fourth-order valence-electron chi connectivity index (χ4n) is 2.71. The number of methoxy groups -OCH3 is 1. The van der Waals surface area contributed by atoms with Gasteiger partial charge in [0.1, 0.15) is 5.75 Å². The molecule has 1 atom stereocenters. The van der Waals surface area contributed by atoms with Crippen LogP contribution in [0.25, 0.3) is 0 Å². The van der Waals surface area contributed by atoms with Gasteiger partial charge in [-0.3, -0.25) is 16.3 Å². The van der Waals surface area contributed by atoms with E-state index in [0.717, 1.165) is 23.7 Å². The zero-order chi connectivity index (χ0) is 12.1. The normalized spacial score (nSPS) is 18.2. The largest absolute Gasteiger partial charge is 0.495 e. The molecule has 0 spiro atoms. The molecule has 0 saturated heterocycles. The van der Waals surface area contributed by atoms with Gasteiger partial charge in [-0.1, -0.05) is 25.7 Å². The summed E-state index contributed by atoms with van der Waals surface area (Å²) in [6, 6.07) is 2.15. The third-order valence-corrected chi connectivity index (χ3v) is 3.66. The van der Waals surface area contributed by atoms with Crippen LogP contribution in [-0.2, 0) is 0 Å². The fraction of sp³-hybridized carbons (Fsp3) is 0.615. The SMILES string of the molecule is COc1cnccc1C(CC1CCCC1)NN. The number of hydrogen-bond acceptors (Lipinski definition) is 4. The molecule has 1 aromatic rings. The summed E-state index contributed by atoms with van der Waals surface area (Å²) in [6.07, 6.45) is 9.98. The van der Waals surface area contributed by atoms with Crippen LogP contribution in [-0.4, -0.2) is 12.1 Å². The Balaban J connectivity index is 2.10. The second-order valence-corrected chi connectivity index (χ2v) is 4.72. The summed E-state index contributed by atoms with van der Waals surface area (Å²) in [6.45, 7) is 0. The third kappa shape index (κ3) is 2.96. The first kappa shape index (κ1) is 12.3. The summed E-state index contributed by atoms with van der Waals surface area (Å²) < 4.78 is 5.33. The van der Waals surface area contributed by atoms with Crippen LogP contribution in [0.5, 0.6) is 5.75 Å². The van der Waals surface area contributed by atoms with Gasteiger partial charge in [-0.25, -0.2) is 0 Å². The molecule has 2 rings (SSSR count). The van der Waals surface area contributed by atoms with Gasteiger partial charge in [-0.2, -0.15) is 0 Å². The smallest absolute Gasteiger partial charge is 0.141 e. The second kappa shape index (κ2) is 5.98. The zero-order valence-electron chi connectivity index (χ0n) is 10.4. The molecule has 17 heavy (non-hydrogen) atoms. The Labute approximate surface area is 103 Å². The van der Waals surface area contributed by atoms with Crippen molar-refractivity contribution in [3.63, 3.8) is 0 Å². The zero-order valence-corrected chi connectivity index (χ0v) is 10.4. The summed E-state index contributed by atoms with van der Waals surface area (Å²) in [5, 5.41) is 0. The maximum absolute atomic E-state index is 5.68. The van der Waals surface area contributed by atoms with Gasteiger partial charge in [-0.05, 0) is 18.4 Å². The van der Waals surface area contributed by atoms with E-state index >= 15 is 0 Å². The molecule has 1 fully saturated rings. The van der Waals surface area contributed by atoms with Gasteiger partial charge in [0, 0.05) is 17.8 Å². The lowest BCUT2D eigenvalue weighted by atomic mass is 9.94. The van der Waals surface area contributed by atoms with Crippen LogP contribution in [0.2, 0.25) is 0 Å². The fourth-order valence-corrected chi connectivity index (χ4v) is 2.71. The van der Waals surface area contributed by atoms with Crippen molar-refractivity contribution < 1.29 is 4.74 Å². The number of nitrogens with one attached hydrogen (secondary N) is 1. The van der Waals surface area contributed by atoms with Crippen LogP contribution in [0.1, 0.15) is 43.7 Å². The molecule has 0 aromatic carbocycles. The van der Waals surface area contributed by atoms with E-state index < -0.39 is 0 Å². The van der Waals surface area contributed by atoms with Crippen molar-refractivity contribution in [1.29, 1.82) is 0 Å². The lowest BCUT2D eigenvalue weighted by molar-refractivity contribution is 0.368. The van der Waals surface area contributed by atoms with Crippen molar-refractivity contribution in [1.82, 2.24) is 10.4 Å².